The summed E-state index contributed by atoms with van der Waals surface area (Å²) in [5.74, 6) is 1.25. The van der Waals surface area contributed by atoms with Crippen molar-refractivity contribution in [3.8, 4) is 0 Å². The lowest BCUT2D eigenvalue weighted by molar-refractivity contribution is 0.775. The van der Waals surface area contributed by atoms with Gasteiger partial charge in [-0.2, -0.15) is 0 Å². The molecule has 2 aromatic rings. The topological polar surface area (TPSA) is 3.24 Å². The molecule has 104 valence electrons. The minimum Gasteiger partial charge on any atom is -0.371 e. The largest absolute Gasteiger partial charge is 0.371 e. The van der Waals surface area contributed by atoms with Gasteiger partial charge in [0.2, 0.25) is 0 Å². The maximum absolute atomic E-state index is 5.90. The van der Waals surface area contributed by atoms with Gasteiger partial charge in [0, 0.05) is 30.6 Å². The molecule has 1 aliphatic heterocycles. The number of benzene rings is 2. The van der Waals surface area contributed by atoms with E-state index in [0.717, 1.165) is 13.1 Å². The molecule has 1 unspecified atom stereocenters. The summed E-state index contributed by atoms with van der Waals surface area (Å²) in [5.41, 5.74) is 5.35. The van der Waals surface area contributed by atoms with Crippen molar-refractivity contribution in [2.75, 3.05) is 18.0 Å². The fourth-order valence-corrected chi connectivity index (χ4v) is 3.30. The lowest BCUT2D eigenvalue weighted by atomic mass is 9.99. The third kappa shape index (κ3) is 2.69. The Morgan fingerprint density at radius 2 is 1.95 bits per heavy atom. The van der Waals surface area contributed by atoms with E-state index in [2.05, 4.69) is 60.4 Å². The summed E-state index contributed by atoms with van der Waals surface area (Å²) in [4.78, 5) is 2.50. The van der Waals surface area contributed by atoms with Crippen LogP contribution in [0.2, 0.25) is 0 Å². The highest BCUT2D eigenvalue weighted by Crippen LogP contribution is 2.32. The molecule has 0 N–H and O–H groups in total. The summed E-state index contributed by atoms with van der Waals surface area (Å²) in [6.45, 7) is 4.44. The van der Waals surface area contributed by atoms with Crippen LogP contribution in [0.5, 0.6) is 0 Å². The second-order valence-electron chi connectivity index (χ2n) is 5.60. The molecule has 0 spiro atoms. The van der Waals surface area contributed by atoms with Gasteiger partial charge in [-0.15, -0.1) is 11.6 Å². The standard InChI is InChI=1S/C18H20ClN/c1-14-11-15(12-19)7-8-18(14)20-10-9-17(13-20)16-5-3-2-4-6-16/h2-8,11,17H,9-10,12-13H2,1H3. The summed E-state index contributed by atoms with van der Waals surface area (Å²) in [5, 5.41) is 0. The van der Waals surface area contributed by atoms with E-state index >= 15 is 0 Å². The number of rotatable bonds is 3. The Hall–Kier alpha value is -1.47. The molecule has 1 saturated heterocycles. The van der Waals surface area contributed by atoms with E-state index in [-0.39, 0.29) is 0 Å². The van der Waals surface area contributed by atoms with Crippen LogP contribution in [0.1, 0.15) is 29.0 Å². The van der Waals surface area contributed by atoms with E-state index < -0.39 is 0 Å². The molecule has 0 saturated carbocycles. The number of anilines is 1. The summed E-state index contributed by atoms with van der Waals surface area (Å²) in [7, 11) is 0. The van der Waals surface area contributed by atoms with Crippen molar-refractivity contribution in [1.29, 1.82) is 0 Å². The van der Waals surface area contributed by atoms with Crippen molar-refractivity contribution in [1.82, 2.24) is 0 Å². The van der Waals surface area contributed by atoms with Crippen LogP contribution in [0.4, 0.5) is 5.69 Å². The van der Waals surface area contributed by atoms with Gasteiger partial charge in [-0.25, -0.2) is 0 Å². The summed E-state index contributed by atoms with van der Waals surface area (Å²) < 4.78 is 0. The molecule has 0 amide bonds. The zero-order valence-corrected chi connectivity index (χ0v) is 12.6. The Balaban J connectivity index is 1.77. The number of halogens is 1. The van der Waals surface area contributed by atoms with E-state index in [1.165, 1.54) is 28.8 Å². The second-order valence-corrected chi connectivity index (χ2v) is 5.86. The molecular formula is C18H20ClN. The molecule has 0 bridgehead atoms. The van der Waals surface area contributed by atoms with E-state index in [1.807, 2.05) is 0 Å². The predicted molar refractivity (Wildman–Crippen MR) is 86.7 cm³/mol. The van der Waals surface area contributed by atoms with E-state index in [0.29, 0.717) is 11.8 Å². The maximum Gasteiger partial charge on any atom is 0.0474 e. The Morgan fingerprint density at radius 3 is 2.65 bits per heavy atom. The molecule has 1 aliphatic rings. The Kier molecular flexibility index (Phi) is 3.98. The van der Waals surface area contributed by atoms with Crippen molar-refractivity contribution in [3.63, 3.8) is 0 Å². The normalized spacial score (nSPS) is 18.5. The van der Waals surface area contributed by atoms with Crippen LogP contribution in [-0.4, -0.2) is 13.1 Å². The number of hydrogen-bond acceptors (Lipinski definition) is 1. The van der Waals surface area contributed by atoms with Crippen molar-refractivity contribution in [3.05, 3.63) is 65.2 Å². The number of alkyl halides is 1. The molecule has 1 atom stereocenters. The molecule has 0 aliphatic carbocycles. The SMILES string of the molecule is Cc1cc(CCl)ccc1N1CCC(c2ccccc2)C1. The first-order chi connectivity index (χ1) is 9.78. The third-order valence-electron chi connectivity index (χ3n) is 4.22. The zero-order chi connectivity index (χ0) is 13.9. The smallest absolute Gasteiger partial charge is 0.0474 e. The number of aryl methyl sites for hydroxylation is 1. The minimum atomic E-state index is 0.591. The van der Waals surface area contributed by atoms with E-state index in [1.54, 1.807) is 0 Å². The first-order valence-electron chi connectivity index (χ1n) is 7.23. The van der Waals surface area contributed by atoms with Crippen LogP contribution in [0.3, 0.4) is 0 Å². The van der Waals surface area contributed by atoms with Gasteiger partial charge in [0.15, 0.2) is 0 Å². The van der Waals surface area contributed by atoms with Crippen molar-refractivity contribution >= 4 is 17.3 Å². The Bertz CT molecular complexity index is 579. The zero-order valence-electron chi connectivity index (χ0n) is 11.8. The van der Waals surface area contributed by atoms with Crippen LogP contribution in [-0.2, 0) is 5.88 Å². The summed E-state index contributed by atoms with van der Waals surface area (Å²) in [6.07, 6.45) is 1.24. The van der Waals surface area contributed by atoms with Gasteiger partial charge >= 0.3 is 0 Å². The quantitative estimate of drug-likeness (QED) is 0.737. The number of hydrogen-bond donors (Lipinski definition) is 0. The molecule has 20 heavy (non-hydrogen) atoms. The molecular weight excluding hydrogens is 266 g/mol. The van der Waals surface area contributed by atoms with Crippen LogP contribution in [0.15, 0.2) is 48.5 Å². The predicted octanol–water partition coefficient (Wildman–Crippen LogP) is 4.73. The summed E-state index contributed by atoms with van der Waals surface area (Å²) >= 11 is 5.90. The van der Waals surface area contributed by atoms with E-state index in [4.69, 9.17) is 11.6 Å². The van der Waals surface area contributed by atoms with Crippen LogP contribution in [0, 0.1) is 6.92 Å². The highest BCUT2D eigenvalue weighted by molar-refractivity contribution is 6.17. The maximum atomic E-state index is 5.90. The lowest BCUT2D eigenvalue weighted by Crippen LogP contribution is -2.20. The van der Waals surface area contributed by atoms with Gasteiger partial charge in [0.25, 0.3) is 0 Å². The second kappa shape index (κ2) is 5.88. The number of nitrogens with zero attached hydrogens (tertiary/aromatic N) is 1. The fraction of sp³-hybridized carbons (Fsp3) is 0.333. The first kappa shape index (κ1) is 13.5. The monoisotopic (exact) mass is 285 g/mol. The fourth-order valence-electron chi connectivity index (χ4n) is 3.13. The van der Waals surface area contributed by atoms with Crippen molar-refractivity contribution < 1.29 is 0 Å². The molecule has 0 aromatic heterocycles. The van der Waals surface area contributed by atoms with Gasteiger partial charge in [-0.05, 0) is 36.1 Å². The Morgan fingerprint density at radius 1 is 1.15 bits per heavy atom. The Labute approximate surface area is 126 Å². The van der Waals surface area contributed by atoms with Crippen molar-refractivity contribution in [2.45, 2.75) is 25.1 Å². The van der Waals surface area contributed by atoms with Crippen molar-refractivity contribution in [2.24, 2.45) is 0 Å². The van der Waals surface area contributed by atoms with E-state index in [9.17, 15) is 0 Å². The molecule has 1 heterocycles. The van der Waals surface area contributed by atoms with Gasteiger partial charge in [-0.3, -0.25) is 0 Å². The molecule has 1 fully saturated rings. The van der Waals surface area contributed by atoms with Gasteiger partial charge in [0.05, 0.1) is 0 Å². The third-order valence-corrected chi connectivity index (χ3v) is 4.52. The minimum absolute atomic E-state index is 0.591. The van der Waals surface area contributed by atoms with Gasteiger partial charge in [0.1, 0.15) is 0 Å². The van der Waals surface area contributed by atoms with Crippen LogP contribution in [0.25, 0.3) is 0 Å². The summed E-state index contributed by atoms with van der Waals surface area (Å²) in [6, 6.07) is 17.4. The van der Waals surface area contributed by atoms with Gasteiger partial charge in [-0.1, -0.05) is 42.5 Å². The van der Waals surface area contributed by atoms with Crippen LogP contribution >= 0.6 is 11.6 Å². The molecule has 2 heteroatoms. The highest BCUT2D eigenvalue weighted by Gasteiger charge is 2.24. The van der Waals surface area contributed by atoms with Gasteiger partial charge < -0.3 is 4.90 Å². The van der Waals surface area contributed by atoms with Crippen LogP contribution < -0.4 is 4.90 Å². The average Bonchev–Trinajstić information content (AvgIpc) is 2.97. The molecule has 3 rings (SSSR count). The average molecular weight is 286 g/mol. The first-order valence-corrected chi connectivity index (χ1v) is 7.77. The highest BCUT2D eigenvalue weighted by atomic mass is 35.5. The molecule has 2 aromatic carbocycles. The lowest BCUT2D eigenvalue weighted by Gasteiger charge is -2.21. The molecule has 0 radical (unpaired) electrons. The molecule has 1 nitrogen and oxygen atoms in total.